The molecule has 6 nitrogen and oxygen atoms in total. The highest BCUT2D eigenvalue weighted by Gasteiger charge is 2.46. The molecule has 0 saturated heterocycles. The first kappa shape index (κ1) is 21.6. The number of hydrogen-bond acceptors (Lipinski definition) is 5. The summed E-state index contributed by atoms with van der Waals surface area (Å²) in [6.45, 7) is 0. The lowest BCUT2D eigenvalue weighted by Crippen LogP contribution is -2.53. The molecular formula is C19H22F3N3O3S. The molecule has 2 aliphatic carbocycles. The Morgan fingerprint density at radius 3 is 2.34 bits per heavy atom. The zero-order valence-corrected chi connectivity index (χ0v) is 16.4. The van der Waals surface area contributed by atoms with Crippen LogP contribution >= 0.6 is 0 Å². The SMILES string of the molecule is N#CC1(NC(=O)C(CS(=O)(=O)CC2CC2)NC(c2ccc(F)cc2)C(F)F)CC1. The fourth-order valence-corrected chi connectivity index (χ4v) is 5.02. The molecule has 0 aromatic heterocycles. The molecule has 0 aliphatic heterocycles. The Bertz CT molecular complexity index is 892. The van der Waals surface area contributed by atoms with Crippen molar-refractivity contribution < 1.29 is 26.4 Å². The Hall–Kier alpha value is -2.12. The molecule has 158 valence electrons. The lowest BCUT2D eigenvalue weighted by Gasteiger charge is -2.26. The molecule has 2 aliphatic rings. The summed E-state index contributed by atoms with van der Waals surface area (Å²) in [6.07, 6.45) is -0.542. The van der Waals surface area contributed by atoms with E-state index < -0.39 is 51.4 Å². The smallest absolute Gasteiger partial charge is 0.257 e. The number of rotatable bonds is 10. The first-order chi connectivity index (χ1) is 13.6. The number of sulfone groups is 1. The average molecular weight is 429 g/mol. The molecule has 0 spiro atoms. The normalized spacial score (nSPS) is 20.0. The van der Waals surface area contributed by atoms with Gasteiger partial charge in [0.15, 0.2) is 9.84 Å². The van der Waals surface area contributed by atoms with E-state index in [1.165, 1.54) is 0 Å². The number of benzene rings is 1. The molecule has 1 aromatic rings. The van der Waals surface area contributed by atoms with Gasteiger partial charge in [-0.15, -0.1) is 0 Å². The lowest BCUT2D eigenvalue weighted by atomic mass is 10.1. The number of carbonyl (C=O) groups excluding carboxylic acids is 1. The lowest BCUT2D eigenvalue weighted by molar-refractivity contribution is -0.123. The summed E-state index contributed by atoms with van der Waals surface area (Å²) in [5, 5.41) is 14.1. The van der Waals surface area contributed by atoms with Crippen LogP contribution in [0.15, 0.2) is 24.3 Å². The van der Waals surface area contributed by atoms with Crippen LogP contribution in [0.3, 0.4) is 0 Å². The highest BCUT2D eigenvalue weighted by atomic mass is 32.2. The van der Waals surface area contributed by atoms with Crippen molar-refractivity contribution in [3.63, 3.8) is 0 Å². The Labute approximate surface area is 167 Å². The Balaban J connectivity index is 1.80. The van der Waals surface area contributed by atoms with E-state index in [4.69, 9.17) is 5.26 Å². The largest absolute Gasteiger partial charge is 0.336 e. The molecule has 2 unspecified atom stereocenters. The second kappa shape index (κ2) is 8.32. The maximum atomic E-state index is 13.7. The van der Waals surface area contributed by atoms with E-state index >= 15 is 0 Å². The number of nitriles is 1. The summed E-state index contributed by atoms with van der Waals surface area (Å²) in [6, 6.07) is 3.17. The van der Waals surface area contributed by atoms with E-state index in [2.05, 4.69) is 10.6 Å². The molecule has 2 N–H and O–H groups in total. The number of carbonyl (C=O) groups is 1. The molecule has 10 heteroatoms. The van der Waals surface area contributed by atoms with Crippen LogP contribution < -0.4 is 10.6 Å². The summed E-state index contributed by atoms with van der Waals surface area (Å²) in [7, 11) is -3.68. The van der Waals surface area contributed by atoms with Gasteiger partial charge in [-0.05, 0) is 49.3 Å². The molecule has 3 rings (SSSR count). The molecule has 0 heterocycles. The van der Waals surface area contributed by atoms with Crippen molar-refractivity contribution in [3.05, 3.63) is 35.6 Å². The molecule has 2 fully saturated rings. The fourth-order valence-electron chi connectivity index (χ4n) is 3.08. The first-order valence-corrected chi connectivity index (χ1v) is 11.2. The topological polar surface area (TPSA) is 99.1 Å². The van der Waals surface area contributed by atoms with Crippen molar-refractivity contribution in [1.82, 2.24) is 10.6 Å². The third-order valence-electron chi connectivity index (χ3n) is 5.11. The quantitative estimate of drug-likeness (QED) is 0.593. The van der Waals surface area contributed by atoms with E-state index in [1.54, 1.807) is 0 Å². The van der Waals surface area contributed by atoms with E-state index in [9.17, 15) is 26.4 Å². The van der Waals surface area contributed by atoms with E-state index in [0.717, 1.165) is 37.1 Å². The number of hydrogen-bond donors (Lipinski definition) is 2. The Morgan fingerprint density at radius 1 is 1.24 bits per heavy atom. The minimum Gasteiger partial charge on any atom is -0.336 e. The van der Waals surface area contributed by atoms with Crippen molar-refractivity contribution in [3.8, 4) is 6.07 Å². The standard InChI is InChI=1S/C19H22F3N3O3S/c20-14-5-3-13(4-6-14)16(17(21)22)24-15(10-29(27,28)9-12-1-2-12)18(26)25-19(11-23)7-8-19/h3-6,12,15-17,24H,1-2,7-10H2,(H,25,26). The highest BCUT2D eigenvalue weighted by Crippen LogP contribution is 2.35. The number of nitrogens with one attached hydrogen (secondary N) is 2. The van der Waals surface area contributed by atoms with Crippen molar-refractivity contribution in [2.45, 2.75) is 49.7 Å². The second-order valence-corrected chi connectivity index (χ2v) is 9.94. The minimum atomic E-state index is -3.68. The van der Waals surface area contributed by atoms with Gasteiger partial charge in [0.2, 0.25) is 5.91 Å². The Morgan fingerprint density at radius 2 is 1.86 bits per heavy atom. The molecule has 2 saturated carbocycles. The van der Waals surface area contributed by atoms with Gasteiger partial charge < -0.3 is 5.32 Å². The van der Waals surface area contributed by atoms with Crippen LogP contribution in [0.4, 0.5) is 13.2 Å². The second-order valence-electron chi connectivity index (χ2n) is 7.79. The molecule has 29 heavy (non-hydrogen) atoms. The molecular weight excluding hydrogens is 407 g/mol. The zero-order valence-electron chi connectivity index (χ0n) is 15.6. The van der Waals surface area contributed by atoms with E-state index in [1.807, 2.05) is 6.07 Å². The van der Waals surface area contributed by atoms with Gasteiger partial charge in [0.25, 0.3) is 6.43 Å². The maximum Gasteiger partial charge on any atom is 0.257 e. The van der Waals surface area contributed by atoms with Crippen molar-refractivity contribution in [2.24, 2.45) is 5.92 Å². The van der Waals surface area contributed by atoms with Gasteiger partial charge in [0.05, 0.1) is 23.6 Å². The van der Waals surface area contributed by atoms with Crippen molar-refractivity contribution in [1.29, 1.82) is 5.26 Å². The van der Waals surface area contributed by atoms with Gasteiger partial charge >= 0.3 is 0 Å². The van der Waals surface area contributed by atoms with Crippen LogP contribution in [0, 0.1) is 23.1 Å². The maximum absolute atomic E-state index is 13.7. The number of amides is 1. The summed E-state index contributed by atoms with van der Waals surface area (Å²) < 4.78 is 65.4. The summed E-state index contributed by atoms with van der Waals surface area (Å²) in [4.78, 5) is 12.7. The first-order valence-electron chi connectivity index (χ1n) is 9.36. The van der Waals surface area contributed by atoms with Crippen LogP contribution in [-0.4, -0.2) is 43.8 Å². The van der Waals surface area contributed by atoms with Crippen LogP contribution in [-0.2, 0) is 14.6 Å². The summed E-state index contributed by atoms with van der Waals surface area (Å²) in [5.41, 5.74) is -1.03. The predicted molar refractivity (Wildman–Crippen MR) is 99.2 cm³/mol. The molecule has 2 atom stereocenters. The van der Waals surface area contributed by atoms with Crippen LogP contribution in [0.1, 0.15) is 37.3 Å². The van der Waals surface area contributed by atoms with Gasteiger partial charge in [-0.1, -0.05) is 12.1 Å². The van der Waals surface area contributed by atoms with Crippen LogP contribution in [0.5, 0.6) is 0 Å². The fraction of sp³-hybridized carbons (Fsp3) is 0.579. The average Bonchev–Trinajstić information content (AvgIpc) is 3.57. The summed E-state index contributed by atoms with van der Waals surface area (Å²) >= 11 is 0. The number of alkyl halides is 2. The molecule has 1 amide bonds. The molecule has 1 aromatic carbocycles. The Kier molecular flexibility index (Phi) is 6.19. The van der Waals surface area contributed by atoms with Gasteiger partial charge in [-0.2, -0.15) is 5.26 Å². The summed E-state index contributed by atoms with van der Waals surface area (Å²) in [5.74, 6) is -2.12. The van der Waals surface area contributed by atoms with Crippen molar-refractivity contribution in [2.75, 3.05) is 11.5 Å². The molecule has 0 bridgehead atoms. The third kappa shape index (κ3) is 5.93. The minimum absolute atomic E-state index is 0.0280. The van der Waals surface area contributed by atoms with Crippen molar-refractivity contribution >= 4 is 15.7 Å². The number of nitrogens with zero attached hydrogens (tertiary/aromatic N) is 1. The van der Waals surface area contributed by atoms with Gasteiger partial charge in [-0.3, -0.25) is 10.1 Å². The van der Waals surface area contributed by atoms with Gasteiger partial charge in [0, 0.05) is 0 Å². The van der Waals surface area contributed by atoms with Crippen LogP contribution in [0.2, 0.25) is 0 Å². The van der Waals surface area contributed by atoms with Gasteiger partial charge in [0.1, 0.15) is 17.4 Å². The van der Waals surface area contributed by atoms with Crippen LogP contribution in [0.25, 0.3) is 0 Å². The van der Waals surface area contributed by atoms with E-state index in [-0.39, 0.29) is 17.2 Å². The predicted octanol–water partition coefficient (Wildman–Crippen LogP) is 2.09. The van der Waals surface area contributed by atoms with Gasteiger partial charge in [-0.25, -0.2) is 21.6 Å². The molecule has 0 radical (unpaired) electrons. The zero-order chi connectivity index (χ0) is 21.2. The van der Waals surface area contributed by atoms with E-state index in [0.29, 0.717) is 12.8 Å². The highest BCUT2D eigenvalue weighted by molar-refractivity contribution is 7.91. The third-order valence-corrected chi connectivity index (χ3v) is 6.93. The number of halogens is 3. The monoisotopic (exact) mass is 429 g/mol.